The molecule has 6 heteroatoms. The molecule has 0 atom stereocenters. The zero-order valence-electron chi connectivity index (χ0n) is 17.5. The fraction of sp³-hybridized carbons (Fsp3) is 0.478. The van der Waals surface area contributed by atoms with Crippen molar-refractivity contribution in [3.63, 3.8) is 0 Å². The van der Waals surface area contributed by atoms with Crippen LogP contribution in [0.4, 0.5) is 5.69 Å². The fourth-order valence-corrected chi connectivity index (χ4v) is 4.97. The molecule has 2 aromatic rings. The van der Waals surface area contributed by atoms with E-state index in [4.69, 9.17) is 4.74 Å². The molecule has 0 amide bonds. The Balaban J connectivity index is 1.60. The number of nitrogens with one attached hydrogen (secondary N) is 1. The van der Waals surface area contributed by atoms with E-state index in [0.29, 0.717) is 25.3 Å². The maximum atomic E-state index is 12.8. The van der Waals surface area contributed by atoms with Crippen molar-refractivity contribution < 1.29 is 13.2 Å². The normalized spacial score (nSPS) is 15.2. The molecule has 1 fully saturated rings. The van der Waals surface area contributed by atoms with Gasteiger partial charge >= 0.3 is 0 Å². The van der Waals surface area contributed by atoms with E-state index < -0.39 is 10.0 Å². The van der Waals surface area contributed by atoms with Gasteiger partial charge in [-0.05, 0) is 68.5 Å². The summed E-state index contributed by atoms with van der Waals surface area (Å²) in [6.45, 7) is 6.75. The van der Waals surface area contributed by atoms with Gasteiger partial charge in [0.1, 0.15) is 10.6 Å². The molecule has 0 spiro atoms. The molecule has 1 aliphatic heterocycles. The highest BCUT2D eigenvalue weighted by Gasteiger charge is 2.19. The van der Waals surface area contributed by atoms with E-state index in [2.05, 4.69) is 33.9 Å². The minimum Gasteiger partial charge on any atom is -0.492 e. The zero-order valence-corrected chi connectivity index (χ0v) is 18.3. The number of nitrogens with zero attached hydrogens (tertiary/aromatic N) is 1. The van der Waals surface area contributed by atoms with E-state index in [1.54, 1.807) is 12.1 Å². The Morgan fingerprint density at radius 1 is 1.00 bits per heavy atom. The third kappa shape index (κ3) is 5.97. The molecule has 0 aromatic heterocycles. The van der Waals surface area contributed by atoms with Gasteiger partial charge in [-0.25, -0.2) is 13.1 Å². The molecule has 3 rings (SSSR count). The minimum absolute atomic E-state index is 0.205. The summed E-state index contributed by atoms with van der Waals surface area (Å²) in [4.78, 5) is 2.66. The van der Waals surface area contributed by atoms with Crippen LogP contribution in [0, 0.1) is 6.92 Å². The highest BCUT2D eigenvalue weighted by molar-refractivity contribution is 7.89. The largest absolute Gasteiger partial charge is 0.492 e. The smallest absolute Gasteiger partial charge is 0.244 e. The van der Waals surface area contributed by atoms with Gasteiger partial charge in [-0.15, -0.1) is 0 Å². The molecule has 0 radical (unpaired) electrons. The van der Waals surface area contributed by atoms with Gasteiger partial charge in [-0.2, -0.15) is 0 Å². The first-order valence-electron chi connectivity index (χ1n) is 10.6. The monoisotopic (exact) mass is 416 g/mol. The molecule has 1 saturated heterocycles. The van der Waals surface area contributed by atoms with Crippen LogP contribution in [0.25, 0.3) is 0 Å². The van der Waals surface area contributed by atoms with Crippen molar-refractivity contribution in [2.75, 3.05) is 31.1 Å². The molecule has 5 nitrogen and oxygen atoms in total. The van der Waals surface area contributed by atoms with E-state index in [1.807, 2.05) is 19.9 Å². The van der Waals surface area contributed by atoms with Crippen molar-refractivity contribution in [1.29, 1.82) is 0 Å². The van der Waals surface area contributed by atoms with Crippen LogP contribution >= 0.6 is 0 Å². The molecule has 1 heterocycles. The Labute approximate surface area is 175 Å². The minimum atomic E-state index is -3.62. The predicted octanol–water partition coefficient (Wildman–Crippen LogP) is 4.30. The maximum Gasteiger partial charge on any atom is 0.244 e. The van der Waals surface area contributed by atoms with Crippen LogP contribution in [0.3, 0.4) is 0 Å². The summed E-state index contributed by atoms with van der Waals surface area (Å²) in [5, 5.41) is 0. The Kier molecular flexibility index (Phi) is 7.56. The van der Waals surface area contributed by atoms with Crippen LogP contribution < -0.4 is 14.4 Å². The van der Waals surface area contributed by atoms with Gasteiger partial charge in [0, 0.05) is 25.3 Å². The van der Waals surface area contributed by atoms with Gasteiger partial charge in [0.25, 0.3) is 0 Å². The van der Waals surface area contributed by atoms with Gasteiger partial charge in [-0.1, -0.05) is 31.0 Å². The Morgan fingerprint density at radius 2 is 1.69 bits per heavy atom. The number of benzene rings is 2. The molecule has 29 heavy (non-hydrogen) atoms. The number of anilines is 1. The van der Waals surface area contributed by atoms with Gasteiger partial charge < -0.3 is 9.64 Å². The average Bonchev–Trinajstić information content (AvgIpc) is 2.99. The van der Waals surface area contributed by atoms with Crippen molar-refractivity contribution in [1.82, 2.24) is 4.72 Å². The highest BCUT2D eigenvalue weighted by atomic mass is 32.2. The topological polar surface area (TPSA) is 58.6 Å². The van der Waals surface area contributed by atoms with Gasteiger partial charge in [0.15, 0.2) is 0 Å². The van der Waals surface area contributed by atoms with Crippen LogP contribution in [-0.4, -0.2) is 34.7 Å². The lowest BCUT2D eigenvalue weighted by atomic mass is 10.1. The van der Waals surface area contributed by atoms with Crippen molar-refractivity contribution in [3.05, 3.63) is 53.6 Å². The molecule has 1 aliphatic rings. The second kappa shape index (κ2) is 10.1. The Hall–Kier alpha value is -2.05. The zero-order chi connectivity index (χ0) is 20.7. The molecular formula is C23H32N2O3S. The number of hydrogen-bond donors (Lipinski definition) is 1. The molecule has 2 aromatic carbocycles. The van der Waals surface area contributed by atoms with E-state index in [-0.39, 0.29) is 4.90 Å². The predicted molar refractivity (Wildman–Crippen MR) is 118 cm³/mol. The molecule has 158 valence electrons. The average molecular weight is 417 g/mol. The summed E-state index contributed by atoms with van der Waals surface area (Å²) in [6, 6.07) is 13.7. The lowest BCUT2D eigenvalue weighted by Crippen LogP contribution is -2.26. The first kappa shape index (κ1) is 21.7. The quantitative estimate of drug-likeness (QED) is 0.697. The van der Waals surface area contributed by atoms with Crippen molar-refractivity contribution in [3.8, 4) is 5.75 Å². The van der Waals surface area contributed by atoms with E-state index in [1.165, 1.54) is 31.4 Å². The summed E-state index contributed by atoms with van der Waals surface area (Å²) in [5.41, 5.74) is 3.27. The number of sulfonamides is 1. The number of aryl methyl sites for hydroxylation is 1. The summed E-state index contributed by atoms with van der Waals surface area (Å²) >= 11 is 0. The molecule has 0 unspecified atom stereocenters. The number of ether oxygens (including phenoxy) is 1. The van der Waals surface area contributed by atoms with E-state index >= 15 is 0 Å². The van der Waals surface area contributed by atoms with Crippen molar-refractivity contribution >= 4 is 15.7 Å². The summed E-state index contributed by atoms with van der Waals surface area (Å²) in [7, 11) is -3.62. The Morgan fingerprint density at radius 3 is 2.34 bits per heavy atom. The first-order valence-corrected chi connectivity index (χ1v) is 12.0. The molecule has 0 bridgehead atoms. The van der Waals surface area contributed by atoms with Crippen LogP contribution in [0.5, 0.6) is 5.75 Å². The fourth-order valence-electron chi connectivity index (χ4n) is 3.71. The second-order valence-electron chi connectivity index (χ2n) is 7.60. The van der Waals surface area contributed by atoms with Crippen LogP contribution in [0.15, 0.2) is 47.4 Å². The number of rotatable bonds is 8. The van der Waals surface area contributed by atoms with Gasteiger partial charge in [0.05, 0.1) is 6.61 Å². The highest BCUT2D eigenvalue weighted by Crippen LogP contribution is 2.25. The number of hydrogen-bond acceptors (Lipinski definition) is 4. The summed E-state index contributed by atoms with van der Waals surface area (Å²) in [6.07, 6.45) is 5.80. The molecule has 1 N–H and O–H groups in total. The van der Waals surface area contributed by atoms with Crippen LogP contribution in [-0.2, 0) is 16.4 Å². The third-order valence-corrected chi connectivity index (χ3v) is 6.78. The second-order valence-corrected chi connectivity index (χ2v) is 9.33. The van der Waals surface area contributed by atoms with Gasteiger partial charge in [0.2, 0.25) is 10.0 Å². The lowest BCUT2D eigenvalue weighted by molar-refractivity contribution is 0.331. The molecule has 0 aliphatic carbocycles. The van der Waals surface area contributed by atoms with Crippen molar-refractivity contribution in [2.45, 2.75) is 50.8 Å². The SMILES string of the molecule is CCOc1ccc(C)cc1S(=O)(=O)NCCc1ccc(N2CCCCCC2)cc1. The van der Waals surface area contributed by atoms with Crippen LogP contribution in [0.1, 0.15) is 43.7 Å². The van der Waals surface area contributed by atoms with Crippen molar-refractivity contribution in [2.24, 2.45) is 0 Å². The first-order chi connectivity index (χ1) is 14.0. The van der Waals surface area contributed by atoms with E-state index in [0.717, 1.165) is 24.2 Å². The van der Waals surface area contributed by atoms with Crippen LogP contribution in [0.2, 0.25) is 0 Å². The third-order valence-electron chi connectivity index (χ3n) is 5.30. The maximum absolute atomic E-state index is 12.8. The lowest BCUT2D eigenvalue weighted by Gasteiger charge is -2.22. The standard InChI is InChI=1S/C23H32N2O3S/c1-3-28-22-13-8-19(2)18-23(22)29(26,27)24-15-14-20-9-11-21(12-10-20)25-16-6-4-5-7-17-25/h8-13,18,24H,3-7,14-17H2,1-2H3. The van der Waals surface area contributed by atoms with Gasteiger partial charge in [-0.3, -0.25) is 0 Å². The summed E-state index contributed by atoms with van der Waals surface area (Å²) < 4.78 is 33.7. The Bertz CT molecular complexity index is 887. The van der Waals surface area contributed by atoms with E-state index in [9.17, 15) is 8.42 Å². The summed E-state index contributed by atoms with van der Waals surface area (Å²) in [5.74, 6) is 0.396. The molecule has 0 saturated carbocycles. The molecular weight excluding hydrogens is 384 g/mol.